The highest BCUT2D eigenvalue weighted by atomic mass is 16.3. The Balaban J connectivity index is 1.92. The van der Waals surface area contributed by atoms with Gasteiger partial charge in [0, 0.05) is 11.8 Å². The molecule has 0 radical (unpaired) electrons. The lowest BCUT2D eigenvalue weighted by molar-refractivity contribution is -0.115. The molecule has 6 nitrogen and oxygen atoms in total. The fraction of sp³-hybridized carbons (Fsp3) is 0.188. The molecule has 114 valence electrons. The van der Waals surface area contributed by atoms with Crippen LogP contribution in [-0.4, -0.2) is 28.4 Å². The van der Waals surface area contributed by atoms with Gasteiger partial charge in [0.2, 0.25) is 5.91 Å². The van der Waals surface area contributed by atoms with Gasteiger partial charge in [0.25, 0.3) is 5.91 Å². The van der Waals surface area contributed by atoms with Crippen LogP contribution in [0.2, 0.25) is 0 Å². The average molecular weight is 299 g/mol. The Bertz CT molecular complexity index is 714. The number of carbonyl (C=O) groups excluding carboxylic acids is 2. The van der Waals surface area contributed by atoms with Gasteiger partial charge in [0.05, 0.1) is 6.54 Å². The number of carbonyl (C=O) groups is 2. The number of rotatable bonds is 4. The van der Waals surface area contributed by atoms with Crippen LogP contribution in [0.25, 0.3) is 0 Å². The minimum Gasteiger partial charge on any atom is -0.504 e. The van der Waals surface area contributed by atoms with E-state index in [1.807, 2.05) is 19.9 Å². The molecule has 1 heterocycles. The van der Waals surface area contributed by atoms with E-state index >= 15 is 0 Å². The summed E-state index contributed by atoms with van der Waals surface area (Å²) < 4.78 is 0. The van der Waals surface area contributed by atoms with Crippen LogP contribution < -0.4 is 10.6 Å². The van der Waals surface area contributed by atoms with Crippen molar-refractivity contribution in [2.45, 2.75) is 13.8 Å². The minimum atomic E-state index is -0.466. The Kier molecular flexibility index (Phi) is 4.73. The summed E-state index contributed by atoms with van der Waals surface area (Å²) in [5, 5.41) is 14.5. The lowest BCUT2D eigenvalue weighted by Gasteiger charge is -2.08. The number of benzene rings is 1. The average Bonchev–Trinajstić information content (AvgIpc) is 2.50. The first-order valence-electron chi connectivity index (χ1n) is 6.76. The predicted molar refractivity (Wildman–Crippen MR) is 82.8 cm³/mol. The van der Waals surface area contributed by atoms with Crippen LogP contribution in [-0.2, 0) is 4.79 Å². The summed E-state index contributed by atoms with van der Waals surface area (Å²) in [6.07, 6.45) is 1.45. The van der Waals surface area contributed by atoms with E-state index in [-0.39, 0.29) is 24.0 Å². The van der Waals surface area contributed by atoms with Crippen molar-refractivity contribution in [3.05, 3.63) is 53.2 Å². The van der Waals surface area contributed by atoms with Gasteiger partial charge in [-0.05, 0) is 49.2 Å². The van der Waals surface area contributed by atoms with Crippen molar-refractivity contribution in [2.75, 3.05) is 11.9 Å². The van der Waals surface area contributed by atoms with Gasteiger partial charge in [0.15, 0.2) is 11.6 Å². The second-order valence-electron chi connectivity index (χ2n) is 4.90. The first-order chi connectivity index (χ1) is 10.5. The molecule has 0 unspecified atom stereocenters. The van der Waals surface area contributed by atoms with Gasteiger partial charge in [0.1, 0.15) is 0 Å². The minimum absolute atomic E-state index is 0.0629. The number of aryl methyl sites for hydroxylation is 2. The highest BCUT2D eigenvalue weighted by Gasteiger charge is 2.10. The van der Waals surface area contributed by atoms with E-state index in [0.717, 1.165) is 11.1 Å². The van der Waals surface area contributed by atoms with Crippen LogP contribution in [0, 0.1) is 13.8 Å². The topological polar surface area (TPSA) is 91.3 Å². The number of hydrogen-bond acceptors (Lipinski definition) is 4. The molecule has 1 aromatic carbocycles. The van der Waals surface area contributed by atoms with Gasteiger partial charge >= 0.3 is 0 Å². The van der Waals surface area contributed by atoms with Gasteiger partial charge < -0.3 is 15.7 Å². The first-order valence-corrected chi connectivity index (χ1v) is 6.76. The zero-order chi connectivity index (χ0) is 16.1. The second-order valence-corrected chi connectivity index (χ2v) is 4.90. The molecule has 0 fully saturated rings. The van der Waals surface area contributed by atoms with Gasteiger partial charge in [-0.3, -0.25) is 9.59 Å². The Hall–Kier alpha value is -2.89. The summed E-state index contributed by atoms with van der Waals surface area (Å²) in [7, 11) is 0. The zero-order valence-corrected chi connectivity index (χ0v) is 12.4. The van der Waals surface area contributed by atoms with Crippen molar-refractivity contribution >= 4 is 17.6 Å². The number of amides is 2. The van der Waals surface area contributed by atoms with Crippen LogP contribution in [0.3, 0.4) is 0 Å². The number of aromatic nitrogens is 1. The molecule has 6 heteroatoms. The van der Waals surface area contributed by atoms with Gasteiger partial charge in [-0.25, -0.2) is 4.98 Å². The molecule has 2 aromatic rings. The third kappa shape index (κ3) is 3.82. The summed E-state index contributed by atoms with van der Waals surface area (Å²) in [5.41, 5.74) is 2.60. The van der Waals surface area contributed by atoms with Crippen molar-refractivity contribution in [3.8, 4) is 5.75 Å². The second kappa shape index (κ2) is 6.71. The molecule has 1 aromatic heterocycles. The Morgan fingerprint density at radius 2 is 1.95 bits per heavy atom. The SMILES string of the molecule is Cc1ccc(C(=O)NCC(=O)Nc2ncccc2O)cc1C. The van der Waals surface area contributed by atoms with Gasteiger partial charge in [-0.2, -0.15) is 0 Å². The maximum atomic E-state index is 12.0. The lowest BCUT2D eigenvalue weighted by Crippen LogP contribution is -2.33. The molecule has 0 bridgehead atoms. The number of pyridine rings is 1. The van der Waals surface area contributed by atoms with E-state index in [1.54, 1.807) is 18.2 Å². The van der Waals surface area contributed by atoms with Crippen molar-refractivity contribution in [1.29, 1.82) is 0 Å². The van der Waals surface area contributed by atoms with E-state index in [1.165, 1.54) is 12.3 Å². The van der Waals surface area contributed by atoms with Crippen molar-refractivity contribution < 1.29 is 14.7 Å². The maximum Gasteiger partial charge on any atom is 0.251 e. The number of nitrogens with zero attached hydrogens (tertiary/aromatic N) is 1. The van der Waals surface area contributed by atoms with E-state index < -0.39 is 5.91 Å². The summed E-state index contributed by atoms with van der Waals surface area (Å²) in [6, 6.07) is 8.30. The maximum absolute atomic E-state index is 12.0. The predicted octanol–water partition coefficient (Wildman–Crippen LogP) is 1.77. The summed E-state index contributed by atoms with van der Waals surface area (Å²) in [6.45, 7) is 3.67. The summed E-state index contributed by atoms with van der Waals surface area (Å²) >= 11 is 0. The lowest BCUT2D eigenvalue weighted by atomic mass is 10.1. The molecule has 0 saturated heterocycles. The Morgan fingerprint density at radius 3 is 2.64 bits per heavy atom. The molecule has 0 atom stereocenters. The fourth-order valence-corrected chi connectivity index (χ4v) is 1.81. The van der Waals surface area contributed by atoms with E-state index in [0.29, 0.717) is 5.56 Å². The molecular weight excluding hydrogens is 282 g/mol. The summed E-state index contributed by atoms with van der Waals surface area (Å²) in [5.74, 6) is -0.862. The largest absolute Gasteiger partial charge is 0.504 e. The van der Waals surface area contributed by atoms with E-state index in [2.05, 4.69) is 15.6 Å². The van der Waals surface area contributed by atoms with Crippen LogP contribution in [0.1, 0.15) is 21.5 Å². The molecular formula is C16H17N3O3. The number of aromatic hydroxyl groups is 1. The monoisotopic (exact) mass is 299 g/mol. The van der Waals surface area contributed by atoms with Crippen LogP contribution in [0.5, 0.6) is 5.75 Å². The van der Waals surface area contributed by atoms with Crippen molar-refractivity contribution in [3.63, 3.8) is 0 Å². The normalized spacial score (nSPS) is 10.1. The van der Waals surface area contributed by atoms with E-state index in [9.17, 15) is 14.7 Å². The molecule has 0 aliphatic carbocycles. The highest BCUT2D eigenvalue weighted by molar-refractivity contribution is 5.99. The molecule has 0 saturated carbocycles. The highest BCUT2D eigenvalue weighted by Crippen LogP contribution is 2.17. The summed E-state index contributed by atoms with van der Waals surface area (Å²) in [4.78, 5) is 27.6. The third-order valence-electron chi connectivity index (χ3n) is 3.22. The van der Waals surface area contributed by atoms with Crippen molar-refractivity contribution in [1.82, 2.24) is 10.3 Å². The zero-order valence-electron chi connectivity index (χ0n) is 12.4. The first kappa shape index (κ1) is 15.5. The molecule has 2 rings (SSSR count). The molecule has 3 N–H and O–H groups in total. The van der Waals surface area contributed by atoms with Gasteiger partial charge in [-0.1, -0.05) is 6.07 Å². The fourth-order valence-electron chi connectivity index (χ4n) is 1.81. The van der Waals surface area contributed by atoms with Gasteiger partial charge in [-0.15, -0.1) is 0 Å². The Labute approximate surface area is 128 Å². The standard InChI is InChI=1S/C16H17N3O3/c1-10-5-6-12(8-11(10)2)16(22)18-9-14(21)19-15-13(20)4-3-7-17-15/h3-8,20H,9H2,1-2H3,(H,18,22)(H,17,19,21). The number of nitrogens with one attached hydrogen (secondary N) is 2. The molecule has 0 aliphatic heterocycles. The van der Waals surface area contributed by atoms with Crippen LogP contribution in [0.15, 0.2) is 36.5 Å². The Morgan fingerprint density at radius 1 is 1.18 bits per heavy atom. The molecule has 22 heavy (non-hydrogen) atoms. The quantitative estimate of drug-likeness (QED) is 0.802. The number of hydrogen-bond donors (Lipinski definition) is 3. The smallest absolute Gasteiger partial charge is 0.251 e. The van der Waals surface area contributed by atoms with E-state index in [4.69, 9.17) is 0 Å². The van der Waals surface area contributed by atoms with Crippen LogP contribution in [0.4, 0.5) is 5.82 Å². The molecule has 2 amide bonds. The third-order valence-corrected chi connectivity index (χ3v) is 3.22. The molecule has 0 spiro atoms. The number of anilines is 1. The van der Waals surface area contributed by atoms with Crippen molar-refractivity contribution in [2.24, 2.45) is 0 Å². The molecule has 0 aliphatic rings. The van der Waals surface area contributed by atoms with Crippen LogP contribution >= 0.6 is 0 Å².